The number of unbranched alkanes of at least 4 members (excludes halogenated alkanes) is 1. The minimum atomic E-state index is 0.763. The lowest BCUT2D eigenvalue weighted by Gasteiger charge is -2.27. The van der Waals surface area contributed by atoms with E-state index in [1.54, 1.807) is 0 Å². The molecule has 156 valence electrons. The van der Waals surface area contributed by atoms with Gasteiger partial charge in [-0.3, -0.25) is 0 Å². The first-order valence-corrected chi connectivity index (χ1v) is 11.9. The lowest BCUT2D eigenvalue weighted by atomic mass is 9.78. The third-order valence-corrected chi connectivity index (χ3v) is 6.72. The Balaban J connectivity index is 1.55. The fraction of sp³-hybridized carbons (Fsp3) is 0.483. The van der Waals surface area contributed by atoms with Gasteiger partial charge in [0.05, 0.1) is 11.6 Å². The Morgan fingerprint density at radius 3 is 2.17 bits per heavy atom. The normalized spacial score (nSPS) is 18.3. The molecule has 3 rings (SSSR count). The molecule has 1 fully saturated rings. The second-order valence-electron chi connectivity index (χ2n) is 8.87. The van der Waals surface area contributed by atoms with E-state index in [4.69, 9.17) is 0 Å². The van der Waals surface area contributed by atoms with Crippen LogP contribution in [0.1, 0.15) is 93.0 Å². The van der Waals surface area contributed by atoms with Crippen molar-refractivity contribution in [3.8, 4) is 17.9 Å². The number of hydrogen-bond acceptors (Lipinski definition) is 1. The number of nitriles is 1. The standard InChI is InChI=1S/C29H35N/c1-3-5-6-28-20-19-27(21-29(28)22-30)18-17-26-15-13-25(14-16-26)12-11-24-9-7-23(4-2)8-10-24/h13-16,19-21,23-24H,3-12H2,1-2H3. The maximum atomic E-state index is 9.43. The van der Waals surface area contributed by atoms with E-state index in [9.17, 15) is 5.26 Å². The topological polar surface area (TPSA) is 23.8 Å². The zero-order chi connectivity index (χ0) is 21.2. The van der Waals surface area contributed by atoms with E-state index in [2.05, 4.69) is 62.1 Å². The third-order valence-electron chi connectivity index (χ3n) is 6.72. The fourth-order valence-corrected chi connectivity index (χ4v) is 4.54. The van der Waals surface area contributed by atoms with Crippen LogP contribution in [0.2, 0.25) is 0 Å². The van der Waals surface area contributed by atoms with Crippen molar-refractivity contribution in [1.82, 2.24) is 0 Å². The number of benzene rings is 2. The summed E-state index contributed by atoms with van der Waals surface area (Å²) in [5.41, 5.74) is 5.27. The van der Waals surface area contributed by atoms with Crippen LogP contribution in [-0.4, -0.2) is 0 Å². The summed E-state index contributed by atoms with van der Waals surface area (Å²) in [4.78, 5) is 0. The first kappa shape index (κ1) is 22.2. The molecule has 0 radical (unpaired) electrons. The Kier molecular flexibility index (Phi) is 8.59. The fourth-order valence-electron chi connectivity index (χ4n) is 4.54. The molecule has 0 aromatic heterocycles. The third kappa shape index (κ3) is 6.50. The molecule has 1 heteroatoms. The average Bonchev–Trinajstić information content (AvgIpc) is 2.81. The van der Waals surface area contributed by atoms with E-state index >= 15 is 0 Å². The van der Waals surface area contributed by atoms with E-state index in [0.717, 1.165) is 53.4 Å². The van der Waals surface area contributed by atoms with Gasteiger partial charge in [-0.2, -0.15) is 5.26 Å². The van der Waals surface area contributed by atoms with E-state index in [-0.39, 0.29) is 0 Å². The highest BCUT2D eigenvalue weighted by Crippen LogP contribution is 2.33. The summed E-state index contributed by atoms with van der Waals surface area (Å²) in [7, 11) is 0. The lowest BCUT2D eigenvalue weighted by Crippen LogP contribution is -2.14. The molecule has 1 saturated carbocycles. The second-order valence-corrected chi connectivity index (χ2v) is 8.87. The summed E-state index contributed by atoms with van der Waals surface area (Å²) in [5, 5.41) is 9.43. The number of rotatable bonds is 7. The summed E-state index contributed by atoms with van der Waals surface area (Å²) < 4.78 is 0. The summed E-state index contributed by atoms with van der Waals surface area (Å²) in [6, 6.07) is 17.1. The molecular formula is C29H35N. The Morgan fingerprint density at radius 1 is 0.833 bits per heavy atom. The molecule has 0 amide bonds. The zero-order valence-electron chi connectivity index (χ0n) is 18.7. The molecule has 0 unspecified atom stereocenters. The van der Waals surface area contributed by atoms with E-state index < -0.39 is 0 Å². The molecule has 0 bridgehead atoms. The van der Waals surface area contributed by atoms with Crippen molar-refractivity contribution in [2.75, 3.05) is 0 Å². The predicted molar refractivity (Wildman–Crippen MR) is 126 cm³/mol. The first-order chi connectivity index (χ1) is 14.7. The smallest absolute Gasteiger partial charge is 0.0994 e. The van der Waals surface area contributed by atoms with Crippen molar-refractivity contribution in [2.45, 2.75) is 78.1 Å². The van der Waals surface area contributed by atoms with Crippen LogP contribution in [0.15, 0.2) is 42.5 Å². The maximum Gasteiger partial charge on any atom is 0.0994 e. The molecule has 2 aromatic rings. The molecule has 0 saturated heterocycles. The molecule has 1 aliphatic carbocycles. The van der Waals surface area contributed by atoms with Gasteiger partial charge in [0.2, 0.25) is 0 Å². The average molecular weight is 398 g/mol. The van der Waals surface area contributed by atoms with Crippen LogP contribution in [0.5, 0.6) is 0 Å². The summed E-state index contributed by atoms with van der Waals surface area (Å²) in [5.74, 6) is 8.39. The van der Waals surface area contributed by atoms with Gasteiger partial charge in [0, 0.05) is 11.1 Å². The number of nitrogens with zero attached hydrogens (tertiary/aromatic N) is 1. The van der Waals surface area contributed by atoms with Crippen LogP contribution in [0.3, 0.4) is 0 Å². The Bertz CT molecular complexity index is 896. The minimum Gasteiger partial charge on any atom is -0.192 e. The zero-order valence-corrected chi connectivity index (χ0v) is 18.7. The van der Waals surface area contributed by atoms with Gasteiger partial charge in [-0.05, 0) is 72.9 Å². The van der Waals surface area contributed by atoms with E-state index in [1.165, 1.54) is 50.5 Å². The maximum absolute atomic E-state index is 9.43. The molecule has 0 atom stereocenters. The van der Waals surface area contributed by atoms with Crippen LogP contribution in [0.4, 0.5) is 0 Å². The Morgan fingerprint density at radius 2 is 1.50 bits per heavy atom. The number of hydrogen-bond donors (Lipinski definition) is 0. The molecule has 0 heterocycles. The molecule has 0 aliphatic heterocycles. The Labute approximate surface area is 183 Å². The molecule has 1 aliphatic rings. The summed E-state index contributed by atoms with van der Waals surface area (Å²) >= 11 is 0. The van der Waals surface area contributed by atoms with E-state index in [1.807, 2.05) is 12.1 Å². The van der Waals surface area contributed by atoms with Crippen LogP contribution >= 0.6 is 0 Å². The molecule has 2 aromatic carbocycles. The second kappa shape index (κ2) is 11.6. The highest BCUT2D eigenvalue weighted by atomic mass is 14.3. The van der Waals surface area contributed by atoms with Gasteiger partial charge in [-0.25, -0.2) is 0 Å². The van der Waals surface area contributed by atoms with Crippen molar-refractivity contribution < 1.29 is 0 Å². The highest BCUT2D eigenvalue weighted by molar-refractivity contribution is 5.49. The summed E-state index contributed by atoms with van der Waals surface area (Å²) in [6.07, 6.45) is 12.8. The van der Waals surface area contributed by atoms with Gasteiger partial charge in [0.15, 0.2) is 0 Å². The predicted octanol–water partition coefficient (Wildman–Crippen LogP) is 7.45. The minimum absolute atomic E-state index is 0.763. The lowest BCUT2D eigenvalue weighted by molar-refractivity contribution is 0.259. The van der Waals surface area contributed by atoms with Gasteiger partial charge >= 0.3 is 0 Å². The molecular weight excluding hydrogens is 362 g/mol. The van der Waals surface area contributed by atoms with Crippen molar-refractivity contribution in [2.24, 2.45) is 11.8 Å². The first-order valence-electron chi connectivity index (χ1n) is 11.9. The van der Waals surface area contributed by atoms with Gasteiger partial charge in [0.1, 0.15) is 0 Å². The van der Waals surface area contributed by atoms with E-state index in [0.29, 0.717) is 0 Å². The molecule has 1 nitrogen and oxygen atoms in total. The summed E-state index contributed by atoms with van der Waals surface area (Å²) in [6.45, 7) is 4.51. The largest absolute Gasteiger partial charge is 0.192 e. The van der Waals surface area contributed by atoms with Crippen molar-refractivity contribution in [3.63, 3.8) is 0 Å². The van der Waals surface area contributed by atoms with Crippen LogP contribution in [0.25, 0.3) is 0 Å². The quantitative estimate of drug-likeness (QED) is 0.445. The SMILES string of the molecule is CCCCc1ccc(C#Cc2ccc(CCC3CCC(CC)CC3)cc2)cc1C#N. The van der Waals surface area contributed by atoms with Crippen LogP contribution in [-0.2, 0) is 12.8 Å². The molecule has 30 heavy (non-hydrogen) atoms. The van der Waals surface area contributed by atoms with Crippen LogP contribution in [0, 0.1) is 35.0 Å². The van der Waals surface area contributed by atoms with Gasteiger partial charge in [-0.1, -0.05) is 82.4 Å². The number of aryl methyl sites for hydroxylation is 2. The van der Waals surface area contributed by atoms with Crippen molar-refractivity contribution >= 4 is 0 Å². The van der Waals surface area contributed by atoms with Gasteiger partial charge in [0.25, 0.3) is 0 Å². The van der Waals surface area contributed by atoms with Gasteiger partial charge in [-0.15, -0.1) is 0 Å². The molecule has 0 N–H and O–H groups in total. The molecule has 0 spiro atoms. The van der Waals surface area contributed by atoms with Gasteiger partial charge < -0.3 is 0 Å². The van der Waals surface area contributed by atoms with Crippen molar-refractivity contribution in [3.05, 3.63) is 70.3 Å². The van der Waals surface area contributed by atoms with Crippen molar-refractivity contribution in [1.29, 1.82) is 5.26 Å². The monoisotopic (exact) mass is 397 g/mol. The highest BCUT2D eigenvalue weighted by Gasteiger charge is 2.19. The Hall–Kier alpha value is -2.51. The van der Waals surface area contributed by atoms with Crippen LogP contribution < -0.4 is 0 Å².